The van der Waals surface area contributed by atoms with Gasteiger partial charge in [0.1, 0.15) is 10.7 Å². The van der Waals surface area contributed by atoms with Gasteiger partial charge < -0.3 is 0 Å². The molecule has 2 amide bonds. The summed E-state index contributed by atoms with van der Waals surface area (Å²) in [5, 5.41) is 0.797. The Bertz CT molecular complexity index is 1320. The average molecular weight is 477 g/mol. The molecule has 1 saturated heterocycles. The van der Waals surface area contributed by atoms with Crippen molar-refractivity contribution in [2.75, 3.05) is 19.6 Å². The van der Waals surface area contributed by atoms with Crippen LogP contribution in [0.25, 0.3) is 10.2 Å². The molecule has 0 radical (unpaired) electrons. The summed E-state index contributed by atoms with van der Waals surface area (Å²) in [6.07, 6.45) is 7.17. The van der Waals surface area contributed by atoms with E-state index < -0.39 is 0 Å². The summed E-state index contributed by atoms with van der Waals surface area (Å²) in [7, 11) is 0. The number of fused-ring (bicyclic) bond motifs is 4. The molecule has 8 heteroatoms. The molecule has 34 heavy (non-hydrogen) atoms. The number of imide groups is 1. The second-order valence-electron chi connectivity index (χ2n) is 9.52. The Kier molecular flexibility index (Phi) is 5.57. The van der Waals surface area contributed by atoms with Crippen molar-refractivity contribution < 1.29 is 9.59 Å². The zero-order valence-electron chi connectivity index (χ0n) is 19.2. The smallest absolute Gasteiger partial charge is 0.262 e. The summed E-state index contributed by atoms with van der Waals surface area (Å²) in [6, 6.07) is 6.96. The van der Waals surface area contributed by atoms with Gasteiger partial charge in [0.2, 0.25) is 0 Å². The molecule has 2 aliphatic heterocycles. The molecule has 7 nitrogen and oxygen atoms in total. The number of carbonyl (C=O) groups is 2. The Labute approximate surface area is 202 Å². The molecule has 0 spiro atoms. The van der Waals surface area contributed by atoms with Crippen LogP contribution in [0.4, 0.5) is 0 Å². The first-order chi connectivity index (χ1) is 16.6. The fourth-order valence-electron chi connectivity index (χ4n) is 5.60. The van der Waals surface area contributed by atoms with Crippen molar-refractivity contribution in [2.24, 2.45) is 0 Å². The van der Waals surface area contributed by atoms with Crippen LogP contribution < -0.4 is 5.56 Å². The topological polar surface area (TPSA) is 75.5 Å². The SMILES string of the molecule is O=C1c2ccccc2C(=O)N1CCCn1c(CN2CCCC2)nc2sc3c(c2c1=O)CCCC3. The molecule has 6 rings (SSSR count). The Morgan fingerprint density at radius 1 is 0.882 bits per heavy atom. The number of rotatable bonds is 6. The highest BCUT2D eigenvalue weighted by Crippen LogP contribution is 2.34. The number of hydrogen-bond donors (Lipinski definition) is 0. The number of carbonyl (C=O) groups excluding carboxylic acids is 2. The van der Waals surface area contributed by atoms with Crippen LogP contribution in [0.15, 0.2) is 29.1 Å². The second-order valence-corrected chi connectivity index (χ2v) is 10.6. The molecule has 0 unspecified atom stereocenters. The van der Waals surface area contributed by atoms with E-state index in [1.54, 1.807) is 35.6 Å². The van der Waals surface area contributed by atoms with Gasteiger partial charge in [0.05, 0.1) is 23.1 Å². The highest BCUT2D eigenvalue weighted by Gasteiger charge is 2.34. The van der Waals surface area contributed by atoms with Gasteiger partial charge in [-0.3, -0.25) is 28.8 Å². The van der Waals surface area contributed by atoms with Crippen LogP contribution in [0.3, 0.4) is 0 Å². The van der Waals surface area contributed by atoms with Crippen LogP contribution in [-0.4, -0.2) is 50.8 Å². The molecule has 1 fully saturated rings. The van der Waals surface area contributed by atoms with Crippen molar-refractivity contribution in [3.8, 4) is 0 Å². The van der Waals surface area contributed by atoms with Crippen molar-refractivity contribution in [3.05, 3.63) is 62.0 Å². The first kappa shape index (κ1) is 21.7. The van der Waals surface area contributed by atoms with Gasteiger partial charge in [-0.25, -0.2) is 4.98 Å². The highest BCUT2D eigenvalue weighted by molar-refractivity contribution is 7.18. The third kappa shape index (κ3) is 3.60. The van der Waals surface area contributed by atoms with E-state index in [9.17, 15) is 14.4 Å². The van der Waals surface area contributed by atoms with Crippen LogP contribution in [-0.2, 0) is 25.9 Å². The van der Waals surface area contributed by atoms with Crippen molar-refractivity contribution in [2.45, 2.75) is 58.0 Å². The molecule has 0 atom stereocenters. The van der Waals surface area contributed by atoms with Crippen LogP contribution >= 0.6 is 11.3 Å². The molecule has 1 aromatic carbocycles. The predicted octanol–water partition coefficient (Wildman–Crippen LogP) is 3.62. The molecular weight excluding hydrogens is 448 g/mol. The van der Waals surface area contributed by atoms with Gasteiger partial charge in [-0.05, 0) is 75.7 Å². The number of aryl methyl sites for hydroxylation is 2. The number of hydrogen-bond acceptors (Lipinski definition) is 6. The first-order valence-corrected chi connectivity index (χ1v) is 13.1. The van der Waals surface area contributed by atoms with Crippen molar-refractivity contribution in [1.82, 2.24) is 19.4 Å². The average Bonchev–Trinajstić information content (AvgIpc) is 3.55. The van der Waals surface area contributed by atoms with Crippen molar-refractivity contribution >= 4 is 33.4 Å². The lowest BCUT2D eigenvalue weighted by Crippen LogP contribution is -2.34. The van der Waals surface area contributed by atoms with E-state index >= 15 is 0 Å². The fraction of sp³-hybridized carbons (Fsp3) is 0.462. The van der Waals surface area contributed by atoms with Crippen LogP contribution in [0, 0.1) is 0 Å². The standard InChI is InChI=1S/C26H28N4O3S/c31-24-17-8-1-2-9-18(17)25(32)30(24)15-7-14-29-21(16-28-12-5-6-13-28)27-23-22(26(29)33)19-10-3-4-11-20(19)34-23/h1-2,8-9H,3-7,10-16H2. The maximum absolute atomic E-state index is 13.8. The molecule has 176 valence electrons. The molecule has 4 heterocycles. The van der Waals surface area contributed by atoms with E-state index in [1.165, 1.54) is 34.6 Å². The number of amides is 2. The molecule has 3 aliphatic rings. The molecule has 1 aliphatic carbocycles. The second kappa shape index (κ2) is 8.74. The van der Waals surface area contributed by atoms with E-state index in [0.29, 0.717) is 37.2 Å². The molecule has 0 saturated carbocycles. The van der Waals surface area contributed by atoms with Crippen molar-refractivity contribution in [1.29, 1.82) is 0 Å². The number of likely N-dealkylation sites (tertiary alicyclic amines) is 1. The Morgan fingerprint density at radius 3 is 2.32 bits per heavy atom. The maximum atomic E-state index is 13.8. The van der Waals surface area contributed by atoms with Crippen LogP contribution in [0.1, 0.15) is 69.1 Å². The summed E-state index contributed by atoms with van der Waals surface area (Å²) in [5.41, 5.74) is 2.17. The predicted molar refractivity (Wildman–Crippen MR) is 131 cm³/mol. The van der Waals surface area contributed by atoms with E-state index in [1.807, 2.05) is 4.57 Å². The number of benzene rings is 1. The van der Waals surface area contributed by atoms with Crippen LogP contribution in [0.2, 0.25) is 0 Å². The number of nitrogens with zero attached hydrogens (tertiary/aromatic N) is 4. The highest BCUT2D eigenvalue weighted by atomic mass is 32.1. The third-order valence-electron chi connectivity index (χ3n) is 7.36. The summed E-state index contributed by atoms with van der Waals surface area (Å²) in [4.78, 5) is 50.1. The monoisotopic (exact) mass is 476 g/mol. The van der Waals surface area contributed by atoms with E-state index in [0.717, 1.165) is 48.4 Å². The zero-order valence-corrected chi connectivity index (χ0v) is 20.0. The van der Waals surface area contributed by atoms with E-state index in [2.05, 4.69) is 4.90 Å². The molecule has 0 N–H and O–H groups in total. The largest absolute Gasteiger partial charge is 0.296 e. The fourth-order valence-corrected chi connectivity index (χ4v) is 6.87. The van der Waals surface area contributed by atoms with Gasteiger partial charge in [0.25, 0.3) is 17.4 Å². The zero-order chi connectivity index (χ0) is 23.2. The minimum absolute atomic E-state index is 0.0426. The van der Waals surface area contributed by atoms with Gasteiger partial charge in [-0.1, -0.05) is 12.1 Å². The number of aromatic nitrogens is 2. The molecule has 0 bridgehead atoms. The molecule has 2 aromatic heterocycles. The van der Waals surface area contributed by atoms with E-state index in [4.69, 9.17) is 4.98 Å². The Morgan fingerprint density at radius 2 is 1.59 bits per heavy atom. The van der Waals surface area contributed by atoms with Gasteiger partial charge in [-0.2, -0.15) is 0 Å². The van der Waals surface area contributed by atoms with Crippen molar-refractivity contribution in [3.63, 3.8) is 0 Å². The van der Waals surface area contributed by atoms with Gasteiger partial charge in [0, 0.05) is 18.0 Å². The normalized spacial score (nSPS) is 18.2. The minimum Gasteiger partial charge on any atom is -0.296 e. The van der Waals surface area contributed by atoms with Gasteiger partial charge in [0.15, 0.2) is 0 Å². The summed E-state index contributed by atoms with van der Waals surface area (Å²) >= 11 is 1.69. The number of thiophene rings is 1. The Hall–Kier alpha value is -2.84. The minimum atomic E-state index is -0.245. The lowest BCUT2D eigenvalue weighted by molar-refractivity contribution is 0.0650. The quantitative estimate of drug-likeness (QED) is 0.508. The van der Waals surface area contributed by atoms with Crippen LogP contribution in [0.5, 0.6) is 0 Å². The van der Waals surface area contributed by atoms with E-state index in [-0.39, 0.29) is 17.4 Å². The van der Waals surface area contributed by atoms with Gasteiger partial charge in [-0.15, -0.1) is 11.3 Å². The lowest BCUT2D eigenvalue weighted by Gasteiger charge is -2.19. The lowest BCUT2D eigenvalue weighted by atomic mass is 9.97. The summed E-state index contributed by atoms with van der Waals surface area (Å²) in [5.74, 6) is 0.316. The molecular formula is C26H28N4O3S. The summed E-state index contributed by atoms with van der Waals surface area (Å²) in [6.45, 7) is 3.47. The summed E-state index contributed by atoms with van der Waals surface area (Å²) < 4.78 is 1.82. The Balaban J connectivity index is 1.29. The maximum Gasteiger partial charge on any atom is 0.262 e. The molecule has 3 aromatic rings. The van der Waals surface area contributed by atoms with Gasteiger partial charge >= 0.3 is 0 Å². The third-order valence-corrected chi connectivity index (χ3v) is 8.54. The first-order valence-electron chi connectivity index (χ1n) is 12.3.